The summed E-state index contributed by atoms with van der Waals surface area (Å²) in [5, 5.41) is 0. The number of hydrogen-bond acceptors (Lipinski definition) is 5. The van der Waals surface area contributed by atoms with Crippen molar-refractivity contribution in [3.63, 3.8) is 0 Å². The van der Waals surface area contributed by atoms with Crippen molar-refractivity contribution in [2.75, 3.05) is 26.1 Å². The van der Waals surface area contributed by atoms with Crippen LogP contribution in [0.4, 0.5) is 5.69 Å². The zero-order valence-corrected chi connectivity index (χ0v) is 15.2. The third kappa shape index (κ3) is 3.56. The highest BCUT2D eigenvalue weighted by Gasteiger charge is 2.19. The van der Waals surface area contributed by atoms with Crippen LogP contribution in [0.1, 0.15) is 11.1 Å². The van der Waals surface area contributed by atoms with Gasteiger partial charge in [-0.05, 0) is 37.1 Å². The fourth-order valence-electron chi connectivity index (χ4n) is 2.24. The number of rotatable bonds is 6. The van der Waals surface area contributed by atoms with Crippen molar-refractivity contribution in [2.45, 2.75) is 18.7 Å². The highest BCUT2D eigenvalue weighted by molar-refractivity contribution is 7.92. The lowest BCUT2D eigenvalue weighted by atomic mass is 10.1. The van der Waals surface area contributed by atoms with Crippen LogP contribution in [0, 0.1) is 13.8 Å². The van der Waals surface area contributed by atoms with Crippen LogP contribution in [0.15, 0.2) is 35.2 Å². The monoisotopic (exact) mass is 351 g/mol. The zero-order valence-electron chi connectivity index (χ0n) is 14.3. The van der Waals surface area contributed by atoms with Gasteiger partial charge in [0.2, 0.25) is 5.75 Å². The Bertz CT molecular complexity index is 821. The first-order valence-corrected chi connectivity index (χ1v) is 8.70. The Hall–Kier alpha value is -2.41. The number of anilines is 1. The molecule has 6 nitrogen and oxygen atoms in total. The Morgan fingerprint density at radius 3 is 1.88 bits per heavy atom. The Labute approximate surface area is 142 Å². The third-order valence-electron chi connectivity index (χ3n) is 3.71. The van der Waals surface area contributed by atoms with E-state index in [1.165, 1.54) is 21.3 Å². The molecule has 0 fully saturated rings. The van der Waals surface area contributed by atoms with E-state index in [0.717, 1.165) is 11.1 Å². The first-order valence-electron chi connectivity index (χ1n) is 7.22. The maximum Gasteiger partial charge on any atom is 0.261 e. The molecule has 1 N–H and O–H groups in total. The van der Waals surface area contributed by atoms with Crippen LogP contribution in [0.5, 0.6) is 17.2 Å². The predicted octanol–water partition coefficient (Wildman–Crippen LogP) is 3.13. The molecule has 0 heterocycles. The summed E-state index contributed by atoms with van der Waals surface area (Å²) in [6, 6.07) is 8.07. The van der Waals surface area contributed by atoms with Crippen LogP contribution in [0.25, 0.3) is 0 Å². The molecule has 0 unspecified atom stereocenters. The molecule has 0 saturated carbocycles. The minimum atomic E-state index is -3.72. The highest BCUT2D eigenvalue weighted by Crippen LogP contribution is 2.40. The van der Waals surface area contributed by atoms with Crippen molar-refractivity contribution in [3.05, 3.63) is 41.5 Å². The number of hydrogen-bond donors (Lipinski definition) is 1. The van der Waals surface area contributed by atoms with Crippen molar-refractivity contribution in [3.8, 4) is 17.2 Å². The Kier molecular flexibility index (Phi) is 5.23. The molecule has 2 rings (SSSR count). The van der Waals surface area contributed by atoms with Crippen LogP contribution in [-0.4, -0.2) is 29.7 Å². The second-order valence-corrected chi connectivity index (χ2v) is 6.95. The van der Waals surface area contributed by atoms with Gasteiger partial charge in [0.15, 0.2) is 11.5 Å². The van der Waals surface area contributed by atoms with Gasteiger partial charge in [0.05, 0.1) is 31.9 Å². The molecule has 2 aromatic rings. The van der Waals surface area contributed by atoms with E-state index in [0.29, 0.717) is 22.9 Å². The number of nitrogens with one attached hydrogen (secondary N) is 1. The number of ether oxygens (including phenoxy) is 3. The quantitative estimate of drug-likeness (QED) is 0.865. The summed E-state index contributed by atoms with van der Waals surface area (Å²) in [4.78, 5) is 0.194. The molecule has 0 aliphatic heterocycles. The Morgan fingerprint density at radius 1 is 0.833 bits per heavy atom. The molecular formula is C17H21NO5S. The normalized spacial score (nSPS) is 11.0. The van der Waals surface area contributed by atoms with Gasteiger partial charge in [-0.2, -0.15) is 0 Å². The summed E-state index contributed by atoms with van der Waals surface area (Å²) in [6.07, 6.45) is 0. The Morgan fingerprint density at radius 2 is 1.42 bits per heavy atom. The van der Waals surface area contributed by atoms with E-state index in [1.807, 2.05) is 13.8 Å². The first kappa shape index (κ1) is 17.9. The van der Waals surface area contributed by atoms with Crippen LogP contribution in [0.3, 0.4) is 0 Å². The molecule has 0 aliphatic rings. The predicted molar refractivity (Wildman–Crippen MR) is 92.8 cm³/mol. The average Bonchev–Trinajstić information content (AvgIpc) is 2.55. The first-order chi connectivity index (χ1) is 11.3. The lowest BCUT2D eigenvalue weighted by molar-refractivity contribution is 0.325. The van der Waals surface area contributed by atoms with E-state index >= 15 is 0 Å². The smallest absolute Gasteiger partial charge is 0.261 e. The Balaban J connectivity index is 2.44. The molecule has 7 heteroatoms. The number of aryl methyl sites for hydroxylation is 2. The minimum Gasteiger partial charge on any atom is -0.493 e. The zero-order chi connectivity index (χ0) is 17.9. The van der Waals surface area contributed by atoms with Gasteiger partial charge in [0.1, 0.15) is 0 Å². The summed E-state index contributed by atoms with van der Waals surface area (Å²) >= 11 is 0. The molecule has 0 atom stereocenters. The largest absolute Gasteiger partial charge is 0.493 e. The van der Waals surface area contributed by atoms with E-state index in [4.69, 9.17) is 14.2 Å². The molecule has 0 aliphatic carbocycles. The standard InChI is InChI=1S/C17H21NO5S/c1-11-6-7-14(8-12(11)2)24(19,20)18-13-9-15(21-3)17(23-5)16(10-13)22-4/h6-10,18H,1-5H3. The SMILES string of the molecule is COc1cc(NS(=O)(=O)c2ccc(C)c(C)c2)cc(OC)c1OC. The van der Waals surface area contributed by atoms with Crippen LogP contribution >= 0.6 is 0 Å². The van der Waals surface area contributed by atoms with E-state index in [-0.39, 0.29) is 4.90 Å². The van der Waals surface area contributed by atoms with Gasteiger partial charge < -0.3 is 14.2 Å². The lowest BCUT2D eigenvalue weighted by Gasteiger charge is -2.15. The second kappa shape index (κ2) is 7.00. The summed E-state index contributed by atoms with van der Waals surface area (Å²) in [6.45, 7) is 3.80. The molecule has 130 valence electrons. The van der Waals surface area contributed by atoms with Crippen LogP contribution < -0.4 is 18.9 Å². The molecular weight excluding hydrogens is 330 g/mol. The van der Waals surface area contributed by atoms with E-state index in [1.54, 1.807) is 30.3 Å². The van der Waals surface area contributed by atoms with Crippen molar-refractivity contribution in [1.29, 1.82) is 0 Å². The molecule has 0 saturated heterocycles. The molecule has 24 heavy (non-hydrogen) atoms. The topological polar surface area (TPSA) is 73.9 Å². The van der Waals surface area contributed by atoms with E-state index in [2.05, 4.69) is 4.72 Å². The molecule has 0 radical (unpaired) electrons. The summed E-state index contributed by atoms with van der Waals surface area (Å²) in [7, 11) is 0.704. The fraction of sp³-hybridized carbons (Fsp3) is 0.294. The molecule has 2 aromatic carbocycles. The molecule has 0 bridgehead atoms. The second-order valence-electron chi connectivity index (χ2n) is 5.27. The van der Waals surface area contributed by atoms with Crippen molar-refractivity contribution in [2.24, 2.45) is 0 Å². The van der Waals surface area contributed by atoms with Gasteiger partial charge in [0.25, 0.3) is 10.0 Å². The number of benzene rings is 2. The van der Waals surface area contributed by atoms with Crippen molar-refractivity contribution < 1.29 is 22.6 Å². The van der Waals surface area contributed by atoms with Gasteiger partial charge in [-0.3, -0.25) is 4.72 Å². The maximum absolute atomic E-state index is 12.6. The summed E-state index contributed by atoms with van der Waals surface area (Å²) < 4.78 is 43.4. The summed E-state index contributed by atoms with van der Waals surface area (Å²) in [5.41, 5.74) is 2.26. The number of methoxy groups -OCH3 is 3. The molecule has 0 aromatic heterocycles. The number of sulfonamides is 1. The van der Waals surface area contributed by atoms with Gasteiger partial charge in [-0.25, -0.2) is 8.42 Å². The van der Waals surface area contributed by atoms with E-state index in [9.17, 15) is 8.42 Å². The maximum atomic E-state index is 12.6. The van der Waals surface area contributed by atoms with Gasteiger partial charge in [-0.15, -0.1) is 0 Å². The van der Waals surface area contributed by atoms with Gasteiger partial charge in [-0.1, -0.05) is 6.07 Å². The van der Waals surface area contributed by atoms with Gasteiger partial charge in [0, 0.05) is 12.1 Å². The van der Waals surface area contributed by atoms with Crippen molar-refractivity contribution in [1.82, 2.24) is 0 Å². The fourth-order valence-corrected chi connectivity index (χ4v) is 3.36. The third-order valence-corrected chi connectivity index (χ3v) is 5.08. The van der Waals surface area contributed by atoms with Crippen LogP contribution in [-0.2, 0) is 10.0 Å². The van der Waals surface area contributed by atoms with Crippen molar-refractivity contribution >= 4 is 15.7 Å². The van der Waals surface area contributed by atoms with Gasteiger partial charge >= 0.3 is 0 Å². The molecule has 0 amide bonds. The molecule has 0 spiro atoms. The summed E-state index contributed by atoms with van der Waals surface area (Å²) in [5.74, 6) is 1.14. The lowest BCUT2D eigenvalue weighted by Crippen LogP contribution is -2.13. The minimum absolute atomic E-state index is 0.194. The van der Waals surface area contributed by atoms with E-state index < -0.39 is 10.0 Å². The average molecular weight is 351 g/mol. The highest BCUT2D eigenvalue weighted by atomic mass is 32.2. The van der Waals surface area contributed by atoms with Crippen LogP contribution in [0.2, 0.25) is 0 Å².